The van der Waals surface area contributed by atoms with E-state index in [2.05, 4.69) is 20.5 Å². The van der Waals surface area contributed by atoms with E-state index in [-0.39, 0.29) is 17.2 Å². The number of amides is 2. The van der Waals surface area contributed by atoms with Crippen LogP contribution in [-0.4, -0.2) is 81.7 Å². The number of H-pyrrole nitrogens is 1. The molecule has 1 fully saturated rings. The zero-order chi connectivity index (χ0) is 28.0. The Morgan fingerprint density at radius 3 is 2.54 bits per heavy atom. The average Bonchev–Trinajstić information content (AvgIpc) is 3.34. The van der Waals surface area contributed by atoms with Gasteiger partial charge in [0.15, 0.2) is 0 Å². The molecule has 1 aliphatic heterocycles. The predicted molar refractivity (Wildman–Crippen MR) is 151 cm³/mol. The topological polar surface area (TPSA) is 114 Å². The van der Waals surface area contributed by atoms with Crippen molar-refractivity contribution in [3.63, 3.8) is 0 Å². The molecule has 210 valence electrons. The van der Waals surface area contributed by atoms with E-state index in [1.54, 1.807) is 13.2 Å². The minimum atomic E-state index is -0.556. The number of aromatic amines is 1. The van der Waals surface area contributed by atoms with Gasteiger partial charge in [-0.3, -0.25) is 4.90 Å². The first kappa shape index (κ1) is 28.4. The van der Waals surface area contributed by atoms with Crippen LogP contribution in [0.4, 0.5) is 16.2 Å². The molecule has 0 bridgehead atoms. The number of urea groups is 1. The largest absolute Gasteiger partial charge is 0.492 e. The summed E-state index contributed by atoms with van der Waals surface area (Å²) in [7, 11) is 2.99. The predicted octanol–water partition coefficient (Wildman–Crippen LogP) is 4.62. The monoisotopic (exact) mass is 538 g/mol. The van der Waals surface area contributed by atoms with Crippen LogP contribution in [0.1, 0.15) is 37.0 Å². The van der Waals surface area contributed by atoms with Gasteiger partial charge in [0.25, 0.3) is 0 Å². The lowest BCUT2D eigenvalue weighted by molar-refractivity contribution is -0.0627. The molecule has 3 N–H and O–H groups in total. The number of ether oxygens (including phenoxy) is 4. The molecule has 39 heavy (non-hydrogen) atoms. The van der Waals surface area contributed by atoms with Crippen LogP contribution in [0.15, 0.2) is 42.5 Å². The summed E-state index contributed by atoms with van der Waals surface area (Å²) in [6.07, 6.45) is 0.0797. The molecule has 1 aromatic heterocycles. The van der Waals surface area contributed by atoms with E-state index < -0.39 is 12.0 Å². The second kappa shape index (κ2) is 12.5. The zero-order valence-electron chi connectivity index (χ0n) is 23.3. The molecular weight excluding hydrogens is 500 g/mol. The van der Waals surface area contributed by atoms with E-state index in [1.807, 2.05) is 57.2 Å². The van der Waals surface area contributed by atoms with Crippen molar-refractivity contribution < 1.29 is 28.5 Å². The lowest BCUT2D eigenvalue weighted by Gasteiger charge is -2.32. The van der Waals surface area contributed by atoms with Crippen molar-refractivity contribution in [3.05, 3.63) is 53.9 Å². The maximum atomic E-state index is 13.0. The molecule has 0 saturated carbocycles. The fraction of sp³-hybridized carbons (Fsp3) is 0.448. The Hall–Kier alpha value is -3.60. The van der Waals surface area contributed by atoms with E-state index in [0.29, 0.717) is 31.2 Å². The highest BCUT2D eigenvalue weighted by molar-refractivity contribution is 6.09. The second-order valence-corrected chi connectivity index (χ2v) is 10.5. The number of hydrogen-bond donors (Lipinski definition) is 3. The minimum Gasteiger partial charge on any atom is -0.492 e. The Morgan fingerprint density at radius 1 is 1.08 bits per heavy atom. The number of nitrogens with one attached hydrogen (secondary N) is 3. The van der Waals surface area contributed by atoms with Crippen molar-refractivity contribution in [2.45, 2.75) is 32.3 Å². The Morgan fingerprint density at radius 2 is 1.82 bits per heavy atom. The van der Waals surface area contributed by atoms with E-state index in [4.69, 9.17) is 18.9 Å². The molecule has 0 spiro atoms. The molecular formula is C29H38N4O6. The van der Waals surface area contributed by atoms with E-state index in [1.165, 1.54) is 7.11 Å². The highest BCUT2D eigenvalue weighted by atomic mass is 16.5. The summed E-state index contributed by atoms with van der Waals surface area (Å²) in [5.41, 5.74) is 1.72. The van der Waals surface area contributed by atoms with Crippen LogP contribution >= 0.6 is 0 Å². The fourth-order valence-electron chi connectivity index (χ4n) is 4.56. The molecule has 0 radical (unpaired) electrons. The summed E-state index contributed by atoms with van der Waals surface area (Å²) in [4.78, 5) is 30.7. The number of carbonyl (C=O) groups is 2. The number of carbonyl (C=O) groups excluding carboxylic acids is 2. The summed E-state index contributed by atoms with van der Waals surface area (Å²) < 4.78 is 22.0. The van der Waals surface area contributed by atoms with Gasteiger partial charge in [-0.25, -0.2) is 9.59 Å². The van der Waals surface area contributed by atoms with Gasteiger partial charge in [-0.2, -0.15) is 0 Å². The molecule has 1 saturated heterocycles. The van der Waals surface area contributed by atoms with Crippen molar-refractivity contribution in [1.82, 2.24) is 9.88 Å². The zero-order valence-corrected chi connectivity index (χ0v) is 23.3. The highest BCUT2D eigenvalue weighted by Crippen LogP contribution is 2.32. The smallest absolute Gasteiger partial charge is 0.356 e. The van der Waals surface area contributed by atoms with Crippen molar-refractivity contribution >= 4 is 34.1 Å². The van der Waals surface area contributed by atoms with Crippen LogP contribution in [0.2, 0.25) is 0 Å². The maximum Gasteiger partial charge on any atom is 0.356 e. The summed E-state index contributed by atoms with van der Waals surface area (Å²) >= 11 is 0. The van der Waals surface area contributed by atoms with Crippen molar-refractivity contribution in [2.75, 3.05) is 64.3 Å². The number of morpholine rings is 1. The van der Waals surface area contributed by atoms with Gasteiger partial charge in [-0.05, 0) is 18.2 Å². The van der Waals surface area contributed by atoms with E-state index in [0.717, 1.165) is 41.9 Å². The molecule has 1 unspecified atom stereocenters. The summed E-state index contributed by atoms with van der Waals surface area (Å²) in [5.74, 6) is 0.186. The summed E-state index contributed by atoms with van der Waals surface area (Å²) in [5, 5.41) is 7.44. The van der Waals surface area contributed by atoms with Gasteiger partial charge >= 0.3 is 12.0 Å². The number of hydrogen-bond acceptors (Lipinski definition) is 7. The Balaban J connectivity index is 1.44. The van der Waals surface area contributed by atoms with Crippen LogP contribution in [0.5, 0.6) is 5.75 Å². The normalized spacial score (nSPS) is 16.2. The first-order valence-corrected chi connectivity index (χ1v) is 13.1. The molecule has 3 aromatic rings. The number of fused-ring (bicyclic) bond motifs is 1. The van der Waals surface area contributed by atoms with E-state index >= 15 is 0 Å². The Labute approximate surface area is 228 Å². The van der Waals surface area contributed by atoms with Crippen molar-refractivity contribution in [2.24, 2.45) is 0 Å². The van der Waals surface area contributed by atoms with Gasteiger partial charge in [0.1, 0.15) is 18.1 Å². The number of methoxy groups -OCH3 is 2. The van der Waals surface area contributed by atoms with E-state index in [9.17, 15) is 9.59 Å². The third kappa shape index (κ3) is 7.08. The molecule has 10 nitrogen and oxygen atoms in total. The van der Waals surface area contributed by atoms with Gasteiger partial charge in [-0.15, -0.1) is 0 Å². The van der Waals surface area contributed by atoms with Gasteiger partial charge < -0.3 is 34.6 Å². The van der Waals surface area contributed by atoms with Gasteiger partial charge in [0.05, 0.1) is 37.8 Å². The standard InChI is InChI=1S/C29H38N4O6/c1-29(2,3)25-16-23(26(32-25)27(34)37-5)31-28(35)30-22-10-11-24(21-9-7-6-8-20(21)22)39-15-13-33-12-14-38-19(17-33)18-36-4/h6-11,16,19,32H,12-15,17-18H2,1-5H3,(H2,30,31,35). The molecule has 1 atom stereocenters. The number of esters is 1. The van der Waals surface area contributed by atoms with Crippen molar-refractivity contribution in [3.8, 4) is 5.75 Å². The fourth-order valence-corrected chi connectivity index (χ4v) is 4.56. The van der Waals surface area contributed by atoms with Gasteiger partial charge in [0, 0.05) is 48.6 Å². The van der Waals surface area contributed by atoms with Crippen LogP contribution < -0.4 is 15.4 Å². The third-order valence-corrected chi connectivity index (χ3v) is 6.64. The van der Waals surface area contributed by atoms with Crippen LogP contribution in [0.25, 0.3) is 10.8 Å². The van der Waals surface area contributed by atoms with Gasteiger partial charge in [-0.1, -0.05) is 45.0 Å². The van der Waals surface area contributed by atoms with Crippen LogP contribution in [0.3, 0.4) is 0 Å². The minimum absolute atomic E-state index is 0.0797. The molecule has 2 amide bonds. The molecule has 10 heteroatoms. The maximum absolute atomic E-state index is 13.0. The quantitative estimate of drug-likeness (QED) is 0.341. The average molecular weight is 539 g/mol. The highest BCUT2D eigenvalue weighted by Gasteiger charge is 2.24. The molecule has 0 aliphatic carbocycles. The van der Waals surface area contributed by atoms with Crippen LogP contribution in [-0.2, 0) is 19.6 Å². The first-order chi connectivity index (χ1) is 18.7. The first-order valence-electron chi connectivity index (χ1n) is 13.1. The lowest BCUT2D eigenvalue weighted by Crippen LogP contribution is -2.45. The Kier molecular flexibility index (Phi) is 9.11. The number of anilines is 2. The SMILES string of the molecule is COCC1CN(CCOc2ccc(NC(=O)Nc3cc(C(C)(C)C)[nH]c3C(=O)OC)c3ccccc23)CCO1. The number of benzene rings is 2. The number of aromatic nitrogens is 1. The lowest BCUT2D eigenvalue weighted by atomic mass is 9.92. The molecule has 2 heterocycles. The molecule has 4 rings (SSSR count). The van der Waals surface area contributed by atoms with Crippen molar-refractivity contribution in [1.29, 1.82) is 0 Å². The summed E-state index contributed by atoms with van der Waals surface area (Å²) in [6, 6.07) is 12.7. The molecule has 2 aromatic carbocycles. The summed E-state index contributed by atoms with van der Waals surface area (Å²) in [6.45, 7) is 10.3. The third-order valence-electron chi connectivity index (χ3n) is 6.64. The van der Waals surface area contributed by atoms with Gasteiger partial charge in [0.2, 0.25) is 0 Å². The molecule has 1 aliphatic rings. The Bertz CT molecular complexity index is 1300. The second-order valence-electron chi connectivity index (χ2n) is 10.5. The van der Waals surface area contributed by atoms with Crippen LogP contribution in [0, 0.1) is 0 Å². The number of nitrogens with zero attached hydrogens (tertiary/aromatic N) is 1. The number of rotatable bonds is 9.